The third kappa shape index (κ3) is 3.69. The van der Waals surface area contributed by atoms with Crippen molar-refractivity contribution < 1.29 is 9.53 Å². The maximum Gasteiger partial charge on any atom is 0.290 e. The number of halogens is 1. The van der Waals surface area contributed by atoms with Gasteiger partial charge in [0.15, 0.2) is 0 Å². The second kappa shape index (κ2) is 7.03. The lowest BCUT2D eigenvalue weighted by Crippen LogP contribution is -2.21. The Morgan fingerprint density at radius 1 is 1.52 bits per heavy atom. The summed E-state index contributed by atoms with van der Waals surface area (Å²) in [6, 6.07) is 7.47. The van der Waals surface area contributed by atoms with E-state index in [0.717, 1.165) is 11.3 Å². The van der Waals surface area contributed by atoms with Crippen molar-refractivity contribution in [2.45, 2.75) is 6.92 Å². The van der Waals surface area contributed by atoms with E-state index in [-0.39, 0.29) is 5.91 Å². The Morgan fingerprint density at radius 3 is 2.95 bits per heavy atom. The second-order valence-corrected chi connectivity index (χ2v) is 4.99. The summed E-state index contributed by atoms with van der Waals surface area (Å²) >= 11 is 3.27. The van der Waals surface area contributed by atoms with E-state index >= 15 is 0 Å². The summed E-state index contributed by atoms with van der Waals surface area (Å²) in [6.45, 7) is 2.48. The van der Waals surface area contributed by atoms with E-state index in [1.165, 1.54) is 4.68 Å². The van der Waals surface area contributed by atoms with Gasteiger partial charge in [-0.15, -0.1) is 0 Å². The predicted octanol–water partition coefficient (Wildman–Crippen LogP) is 2.35. The van der Waals surface area contributed by atoms with E-state index in [2.05, 4.69) is 31.6 Å². The average molecular weight is 351 g/mol. The van der Waals surface area contributed by atoms with Gasteiger partial charge in [-0.1, -0.05) is 12.1 Å². The molecule has 2 rings (SSSR count). The number of carbonyl (C=O) groups is 1. The maximum absolute atomic E-state index is 12.0. The van der Waals surface area contributed by atoms with E-state index in [9.17, 15) is 4.79 Å². The van der Waals surface area contributed by atoms with Crippen LogP contribution in [0.5, 0.6) is 5.75 Å². The molecule has 0 saturated carbocycles. The number of nitrogens with zero attached hydrogens (tertiary/aromatic N) is 3. The molecule has 0 fully saturated rings. The first-order valence-electron chi connectivity index (χ1n) is 6.36. The molecule has 21 heavy (non-hydrogen) atoms. The monoisotopic (exact) mass is 350 g/mol. The molecule has 0 bridgehead atoms. The van der Waals surface area contributed by atoms with Crippen LogP contribution in [0, 0.1) is 0 Å². The lowest BCUT2D eigenvalue weighted by Gasteiger charge is -2.06. The fraction of sp³-hybridized carbons (Fsp3) is 0.214. The van der Waals surface area contributed by atoms with Gasteiger partial charge in [0, 0.05) is 12.6 Å². The first-order chi connectivity index (χ1) is 10.1. The molecule has 0 aliphatic rings. The van der Waals surface area contributed by atoms with Crippen LogP contribution in [0.25, 0.3) is 0 Å². The van der Waals surface area contributed by atoms with Crippen LogP contribution in [0.3, 0.4) is 0 Å². The van der Waals surface area contributed by atoms with Crippen molar-refractivity contribution >= 4 is 28.1 Å². The van der Waals surface area contributed by atoms with Gasteiger partial charge in [-0.3, -0.25) is 9.48 Å². The topological polar surface area (TPSA) is 68.5 Å². The molecule has 0 aliphatic heterocycles. The van der Waals surface area contributed by atoms with Crippen molar-refractivity contribution in [3.05, 3.63) is 46.2 Å². The molecule has 1 aromatic carbocycles. The van der Waals surface area contributed by atoms with Crippen molar-refractivity contribution in [3.63, 3.8) is 0 Å². The number of aromatic nitrogens is 2. The number of carbonyl (C=O) groups excluding carboxylic acids is 1. The molecule has 0 unspecified atom stereocenters. The largest absolute Gasteiger partial charge is 0.493 e. The molecule has 0 atom stereocenters. The molecule has 1 heterocycles. The summed E-state index contributed by atoms with van der Waals surface area (Å²) < 4.78 is 7.57. The highest BCUT2D eigenvalue weighted by Crippen LogP contribution is 2.16. The highest BCUT2D eigenvalue weighted by atomic mass is 79.9. The highest BCUT2D eigenvalue weighted by Gasteiger charge is 2.14. The second-order valence-electron chi connectivity index (χ2n) is 4.13. The van der Waals surface area contributed by atoms with Gasteiger partial charge >= 0.3 is 0 Å². The van der Waals surface area contributed by atoms with Gasteiger partial charge in [0.05, 0.1) is 23.5 Å². The fourth-order valence-electron chi connectivity index (χ4n) is 1.75. The summed E-state index contributed by atoms with van der Waals surface area (Å²) in [5.74, 6) is 0.381. The number of hydrogen-bond donors (Lipinski definition) is 1. The zero-order valence-corrected chi connectivity index (χ0v) is 13.3. The molecule has 0 spiro atoms. The van der Waals surface area contributed by atoms with Crippen LogP contribution in [-0.2, 0) is 7.05 Å². The molecular formula is C14H15BrN4O2. The fourth-order valence-corrected chi connectivity index (χ4v) is 2.28. The van der Waals surface area contributed by atoms with Gasteiger partial charge < -0.3 is 4.74 Å². The number of benzene rings is 1. The van der Waals surface area contributed by atoms with E-state index in [0.29, 0.717) is 16.8 Å². The van der Waals surface area contributed by atoms with Crippen LogP contribution in [0.2, 0.25) is 0 Å². The Kier molecular flexibility index (Phi) is 5.10. The number of amides is 1. The van der Waals surface area contributed by atoms with Crippen LogP contribution >= 0.6 is 15.9 Å². The van der Waals surface area contributed by atoms with Crippen molar-refractivity contribution in [2.75, 3.05) is 6.61 Å². The number of rotatable bonds is 5. The Morgan fingerprint density at radius 2 is 2.29 bits per heavy atom. The van der Waals surface area contributed by atoms with E-state index in [1.807, 2.05) is 31.2 Å². The van der Waals surface area contributed by atoms with Crippen LogP contribution in [0.1, 0.15) is 23.0 Å². The third-order valence-electron chi connectivity index (χ3n) is 2.70. The highest BCUT2D eigenvalue weighted by molar-refractivity contribution is 9.10. The summed E-state index contributed by atoms with van der Waals surface area (Å²) in [5.41, 5.74) is 3.67. The minimum absolute atomic E-state index is 0.341. The van der Waals surface area contributed by atoms with Gasteiger partial charge in [0.1, 0.15) is 11.4 Å². The molecule has 0 radical (unpaired) electrons. The van der Waals surface area contributed by atoms with Gasteiger partial charge in [0.2, 0.25) is 0 Å². The summed E-state index contributed by atoms with van der Waals surface area (Å²) in [6.07, 6.45) is 3.11. The first-order valence-corrected chi connectivity index (χ1v) is 7.15. The quantitative estimate of drug-likeness (QED) is 0.664. The summed E-state index contributed by atoms with van der Waals surface area (Å²) in [4.78, 5) is 12.0. The predicted molar refractivity (Wildman–Crippen MR) is 83.6 cm³/mol. The van der Waals surface area contributed by atoms with Gasteiger partial charge in [0.25, 0.3) is 5.91 Å². The number of hydrogen-bond acceptors (Lipinski definition) is 4. The van der Waals surface area contributed by atoms with E-state index in [1.54, 1.807) is 19.5 Å². The molecule has 2 aromatic rings. The van der Waals surface area contributed by atoms with Gasteiger partial charge in [-0.05, 0) is 35.0 Å². The van der Waals surface area contributed by atoms with Gasteiger partial charge in [-0.2, -0.15) is 10.2 Å². The van der Waals surface area contributed by atoms with Crippen molar-refractivity contribution in [1.29, 1.82) is 0 Å². The van der Waals surface area contributed by atoms with Crippen molar-refractivity contribution in [1.82, 2.24) is 15.2 Å². The smallest absolute Gasteiger partial charge is 0.290 e. The maximum atomic E-state index is 12.0. The molecule has 1 N–H and O–H groups in total. The SMILES string of the molecule is CCOc1ccccc1/C=N/NC(=O)c1c(Br)cnn1C. The summed E-state index contributed by atoms with van der Waals surface area (Å²) in [5, 5.41) is 7.94. The Bertz CT molecular complexity index is 647. The number of aryl methyl sites for hydroxylation is 1. The van der Waals surface area contributed by atoms with E-state index < -0.39 is 0 Å². The van der Waals surface area contributed by atoms with Crippen LogP contribution in [0.4, 0.5) is 0 Å². The van der Waals surface area contributed by atoms with Crippen LogP contribution in [0.15, 0.2) is 40.0 Å². The Balaban J connectivity index is 2.08. The Labute approximate surface area is 130 Å². The lowest BCUT2D eigenvalue weighted by molar-refractivity contribution is 0.0945. The molecule has 0 saturated heterocycles. The van der Waals surface area contributed by atoms with Crippen molar-refractivity contribution in [3.8, 4) is 5.75 Å². The first kappa shape index (κ1) is 15.2. The summed E-state index contributed by atoms with van der Waals surface area (Å²) in [7, 11) is 1.69. The minimum atomic E-state index is -0.341. The number of nitrogens with one attached hydrogen (secondary N) is 1. The number of ether oxygens (including phenoxy) is 1. The molecule has 0 aliphatic carbocycles. The third-order valence-corrected chi connectivity index (χ3v) is 3.28. The Hall–Kier alpha value is -2.15. The number of para-hydroxylation sites is 1. The standard InChI is InChI=1S/C14H15BrN4O2/c1-3-21-12-7-5-4-6-10(12)8-16-18-14(20)13-11(15)9-17-19(13)2/h4-9H,3H2,1-2H3,(H,18,20)/b16-8+. The minimum Gasteiger partial charge on any atom is -0.493 e. The lowest BCUT2D eigenvalue weighted by atomic mass is 10.2. The van der Waals surface area contributed by atoms with Crippen molar-refractivity contribution in [2.24, 2.45) is 12.1 Å². The molecule has 1 aromatic heterocycles. The number of hydrazone groups is 1. The zero-order valence-electron chi connectivity index (χ0n) is 11.7. The molecule has 110 valence electrons. The van der Waals surface area contributed by atoms with Crippen LogP contribution in [-0.4, -0.2) is 28.5 Å². The molecule has 6 nitrogen and oxygen atoms in total. The molecule has 1 amide bonds. The zero-order chi connectivity index (χ0) is 15.2. The molecular weight excluding hydrogens is 336 g/mol. The van der Waals surface area contributed by atoms with Gasteiger partial charge in [-0.25, -0.2) is 5.43 Å². The molecule has 7 heteroatoms. The average Bonchev–Trinajstić information content (AvgIpc) is 2.80. The van der Waals surface area contributed by atoms with E-state index in [4.69, 9.17) is 4.74 Å². The normalized spacial score (nSPS) is 10.8. The van der Waals surface area contributed by atoms with Crippen LogP contribution < -0.4 is 10.2 Å².